The molecule has 0 fully saturated rings. The molecule has 0 N–H and O–H groups in total. The third-order valence-electron chi connectivity index (χ3n) is 2.86. The highest BCUT2D eigenvalue weighted by Crippen LogP contribution is 2.14. The Balaban J connectivity index is 2.00. The Hall–Kier alpha value is -1.89. The van der Waals surface area contributed by atoms with Crippen molar-refractivity contribution < 1.29 is 0 Å². The van der Waals surface area contributed by atoms with Crippen LogP contribution in [-0.2, 0) is 6.42 Å². The number of nitrogens with zero attached hydrogens (tertiary/aromatic N) is 1. The van der Waals surface area contributed by atoms with E-state index in [-0.39, 0.29) is 0 Å². The SMILES string of the molecule is CCCCc1ccc(N=Cc2cc[c]cc2)cc1. The Bertz CT molecular complexity index is 483. The Morgan fingerprint density at radius 2 is 1.78 bits per heavy atom. The average Bonchev–Trinajstić information content (AvgIpc) is 2.45. The van der Waals surface area contributed by atoms with Gasteiger partial charge in [-0.2, -0.15) is 0 Å². The first-order chi connectivity index (χ1) is 8.88. The van der Waals surface area contributed by atoms with Gasteiger partial charge in [0.25, 0.3) is 0 Å². The summed E-state index contributed by atoms with van der Waals surface area (Å²) in [6.45, 7) is 2.22. The fraction of sp³-hybridized carbons (Fsp3) is 0.235. The number of benzene rings is 2. The van der Waals surface area contributed by atoms with Crippen molar-refractivity contribution >= 4 is 11.9 Å². The zero-order valence-corrected chi connectivity index (χ0v) is 10.8. The lowest BCUT2D eigenvalue weighted by atomic mass is 10.1. The van der Waals surface area contributed by atoms with Crippen LogP contribution >= 0.6 is 0 Å². The topological polar surface area (TPSA) is 12.4 Å². The van der Waals surface area contributed by atoms with Crippen molar-refractivity contribution in [3.8, 4) is 0 Å². The van der Waals surface area contributed by atoms with Crippen molar-refractivity contribution in [1.82, 2.24) is 0 Å². The maximum absolute atomic E-state index is 4.46. The summed E-state index contributed by atoms with van der Waals surface area (Å²) < 4.78 is 0. The van der Waals surface area contributed by atoms with E-state index in [1.54, 1.807) is 0 Å². The highest BCUT2D eigenvalue weighted by molar-refractivity contribution is 5.81. The molecule has 91 valence electrons. The maximum Gasteiger partial charge on any atom is 0.0630 e. The second-order valence-corrected chi connectivity index (χ2v) is 4.36. The Morgan fingerprint density at radius 3 is 2.44 bits per heavy atom. The van der Waals surface area contributed by atoms with Gasteiger partial charge in [0.2, 0.25) is 0 Å². The molecule has 0 saturated heterocycles. The van der Waals surface area contributed by atoms with Crippen LogP contribution in [-0.4, -0.2) is 6.21 Å². The minimum absolute atomic E-state index is 1.00. The van der Waals surface area contributed by atoms with Gasteiger partial charge in [-0.05, 0) is 42.2 Å². The summed E-state index contributed by atoms with van der Waals surface area (Å²) in [5, 5.41) is 0. The molecule has 1 nitrogen and oxygen atoms in total. The van der Waals surface area contributed by atoms with E-state index >= 15 is 0 Å². The minimum atomic E-state index is 1.00. The monoisotopic (exact) mass is 236 g/mol. The maximum atomic E-state index is 4.46. The van der Waals surface area contributed by atoms with Crippen LogP contribution in [0, 0.1) is 6.07 Å². The molecule has 2 aromatic carbocycles. The van der Waals surface area contributed by atoms with Gasteiger partial charge in [0.15, 0.2) is 0 Å². The molecule has 0 amide bonds. The number of unbranched alkanes of at least 4 members (excludes halogenated alkanes) is 1. The summed E-state index contributed by atoms with van der Waals surface area (Å²) in [5.74, 6) is 0. The summed E-state index contributed by atoms with van der Waals surface area (Å²) in [5.41, 5.74) is 3.50. The molecule has 1 heteroatoms. The lowest BCUT2D eigenvalue weighted by Gasteiger charge is -2.00. The Kier molecular flexibility index (Phi) is 4.71. The van der Waals surface area contributed by atoms with Gasteiger partial charge in [-0.25, -0.2) is 0 Å². The smallest absolute Gasteiger partial charge is 0.0630 e. The normalized spacial score (nSPS) is 10.9. The van der Waals surface area contributed by atoms with Crippen LogP contribution in [0.1, 0.15) is 30.9 Å². The van der Waals surface area contributed by atoms with E-state index in [1.807, 2.05) is 30.5 Å². The van der Waals surface area contributed by atoms with Gasteiger partial charge in [-0.1, -0.05) is 49.7 Å². The average molecular weight is 236 g/mol. The molecule has 0 saturated carbocycles. The number of hydrogen-bond acceptors (Lipinski definition) is 1. The lowest BCUT2D eigenvalue weighted by Crippen LogP contribution is -1.83. The van der Waals surface area contributed by atoms with Crippen LogP contribution in [0.2, 0.25) is 0 Å². The molecule has 0 spiro atoms. The van der Waals surface area contributed by atoms with Crippen molar-refractivity contribution in [2.45, 2.75) is 26.2 Å². The lowest BCUT2D eigenvalue weighted by molar-refractivity contribution is 0.795. The first kappa shape index (κ1) is 12.6. The molecule has 1 radical (unpaired) electrons. The van der Waals surface area contributed by atoms with Gasteiger partial charge in [0.05, 0.1) is 5.69 Å². The molecule has 0 aliphatic rings. The van der Waals surface area contributed by atoms with Gasteiger partial charge in [-0.15, -0.1) is 0 Å². The van der Waals surface area contributed by atoms with Gasteiger partial charge >= 0.3 is 0 Å². The quantitative estimate of drug-likeness (QED) is 0.674. The van der Waals surface area contributed by atoms with Crippen LogP contribution in [0.3, 0.4) is 0 Å². The Labute approximate surface area is 109 Å². The minimum Gasteiger partial charge on any atom is -0.256 e. The summed E-state index contributed by atoms with van der Waals surface area (Å²) in [6.07, 6.45) is 5.54. The number of aryl methyl sites for hydroxylation is 1. The van der Waals surface area contributed by atoms with E-state index < -0.39 is 0 Å². The van der Waals surface area contributed by atoms with Crippen LogP contribution in [0.25, 0.3) is 0 Å². The molecule has 0 heterocycles. The number of rotatable bonds is 5. The second-order valence-electron chi connectivity index (χ2n) is 4.36. The van der Waals surface area contributed by atoms with E-state index in [2.05, 4.69) is 42.2 Å². The fourth-order valence-electron chi connectivity index (χ4n) is 1.76. The standard InChI is InChI=1S/C17H18N/c1-2-3-7-15-10-12-17(13-11-15)18-14-16-8-5-4-6-9-16/h5-6,8-14H,2-3,7H2,1H3. The summed E-state index contributed by atoms with van der Waals surface area (Å²) in [4.78, 5) is 4.46. The zero-order chi connectivity index (χ0) is 12.6. The summed E-state index contributed by atoms with van der Waals surface area (Å²) in [7, 11) is 0. The second kappa shape index (κ2) is 6.75. The van der Waals surface area contributed by atoms with Gasteiger partial charge < -0.3 is 0 Å². The molecule has 2 rings (SSSR count). The highest BCUT2D eigenvalue weighted by atomic mass is 14.7. The van der Waals surface area contributed by atoms with Crippen LogP contribution in [0.15, 0.2) is 53.5 Å². The molecule has 0 aromatic heterocycles. The number of hydrogen-bond donors (Lipinski definition) is 0. The first-order valence-corrected chi connectivity index (χ1v) is 6.47. The van der Waals surface area contributed by atoms with Crippen LogP contribution in [0.5, 0.6) is 0 Å². The molecule has 2 aromatic rings. The molecule has 0 unspecified atom stereocenters. The van der Waals surface area contributed by atoms with Gasteiger partial charge in [0, 0.05) is 6.21 Å². The van der Waals surface area contributed by atoms with E-state index in [0.29, 0.717) is 0 Å². The third-order valence-corrected chi connectivity index (χ3v) is 2.86. The highest BCUT2D eigenvalue weighted by Gasteiger charge is 1.93. The van der Waals surface area contributed by atoms with Crippen molar-refractivity contribution in [3.05, 3.63) is 65.7 Å². The molecule has 0 atom stereocenters. The van der Waals surface area contributed by atoms with Crippen LogP contribution < -0.4 is 0 Å². The first-order valence-electron chi connectivity index (χ1n) is 6.47. The van der Waals surface area contributed by atoms with E-state index in [4.69, 9.17) is 0 Å². The van der Waals surface area contributed by atoms with E-state index in [9.17, 15) is 0 Å². The van der Waals surface area contributed by atoms with Crippen molar-refractivity contribution in [2.24, 2.45) is 4.99 Å². The Morgan fingerprint density at radius 1 is 1.06 bits per heavy atom. The predicted octanol–water partition coefficient (Wildman–Crippen LogP) is 4.58. The third kappa shape index (κ3) is 3.85. The molecular formula is C17H18N. The summed E-state index contributed by atoms with van der Waals surface area (Å²) in [6, 6.07) is 19.3. The molecule has 0 bridgehead atoms. The van der Waals surface area contributed by atoms with E-state index in [1.165, 1.54) is 18.4 Å². The molecular weight excluding hydrogens is 218 g/mol. The molecule has 0 aliphatic heterocycles. The van der Waals surface area contributed by atoms with E-state index in [0.717, 1.165) is 17.7 Å². The number of aliphatic imine (C=N–C) groups is 1. The van der Waals surface area contributed by atoms with Gasteiger partial charge in [-0.3, -0.25) is 4.99 Å². The fourth-order valence-corrected chi connectivity index (χ4v) is 1.76. The summed E-state index contributed by atoms with van der Waals surface area (Å²) >= 11 is 0. The largest absolute Gasteiger partial charge is 0.256 e. The van der Waals surface area contributed by atoms with Crippen molar-refractivity contribution in [3.63, 3.8) is 0 Å². The van der Waals surface area contributed by atoms with Crippen LogP contribution in [0.4, 0.5) is 5.69 Å². The van der Waals surface area contributed by atoms with Crippen molar-refractivity contribution in [1.29, 1.82) is 0 Å². The zero-order valence-electron chi connectivity index (χ0n) is 10.8. The molecule has 18 heavy (non-hydrogen) atoms. The van der Waals surface area contributed by atoms with Crippen molar-refractivity contribution in [2.75, 3.05) is 0 Å². The van der Waals surface area contributed by atoms with Gasteiger partial charge in [0.1, 0.15) is 0 Å². The predicted molar refractivity (Wildman–Crippen MR) is 77.6 cm³/mol. The molecule has 0 aliphatic carbocycles.